The highest BCUT2D eigenvalue weighted by atomic mass is 32.1. The summed E-state index contributed by atoms with van der Waals surface area (Å²) >= 11 is 1.71. The van der Waals surface area contributed by atoms with E-state index in [2.05, 4.69) is 20.6 Å². The lowest BCUT2D eigenvalue weighted by Gasteiger charge is -2.16. The lowest BCUT2D eigenvalue weighted by atomic mass is 10.1. The number of fused-ring (bicyclic) bond motifs is 3. The third kappa shape index (κ3) is 3.97. The molecule has 1 aliphatic rings. The van der Waals surface area contributed by atoms with Gasteiger partial charge in [0.2, 0.25) is 0 Å². The predicted octanol–water partition coefficient (Wildman–Crippen LogP) is 2.20. The number of thiophene rings is 1. The van der Waals surface area contributed by atoms with Gasteiger partial charge in [-0.05, 0) is 30.7 Å². The van der Waals surface area contributed by atoms with Crippen molar-refractivity contribution in [1.82, 2.24) is 15.3 Å². The third-order valence-corrected chi connectivity index (χ3v) is 5.64. The van der Waals surface area contributed by atoms with Crippen LogP contribution in [0.15, 0.2) is 30.6 Å². The summed E-state index contributed by atoms with van der Waals surface area (Å²) in [4.78, 5) is 11.1. The fourth-order valence-corrected chi connectivity index (χ4v) is 4.31. The number of nitrogens with zero attached hydrogens (tertiary/aromatic N) is 2. The number of anilines is 1. The van der Waals surface area contributed by atoms with Gasteiger partial charge in [0.15, 0.2) is 0 Å². The third-order valence-electron chi connectivity index (χ3n) is 4.50. The van der Waals surface area contributed by atoms with E-state index in [-0.39, 0.29) is 6.61 Å². The molecule has 3 aromatic rings. The molecule has 3 heterocycles. The van der Waals surface area contributed by atoms with Crippen LogP contribution in [0.2, 0.25) is 0 Å². The van der Waals surface area contributed by atoms with Crippen LogP contribution in [0.3, 0.4) is 0 Å². The summed E-state index contributed by atoms with van der Waals surface area (Å²) in [5.41, 5.74) is 1.32. The molecule has 1 aliphatic heterocycles. The van der Waals surface area contributed by atoms with Gasteiger partial charge in [0.25, 0.3) is 0 Å². The Labute approximate surface area is 161 Å². The smallest absolute Gasteiger partial charge is 0.138 e. The Hall–Kier alpha value is -2.42. The van der Waals surface area contributed by atoms with Gasteiger partial charge in [-0.2, -0.15) is 0 Å². The number of aromatic nitrogens is 2. The van der Waals surface area contributed by atoms with Gasteiger partial charge in [0.05, 0.1) is 12.5 Å². The van der Waals surface area contributed by atoms with Crippen LogP contribution < -0.4 is 20.1 Å². The quantitative estimate of drug-likeness (QED) is 0.574. The van der Waals surface area contributed by atoms with Gasteiger partial charge >= 0.3 is 0 Å². The van der Waals surface area contributed by atoms with Crippen molar-refractivity contribution in [3.63, 3.8) is 0 Å². The summed E-state index contributed by atoms with van der Waals surface area (Å²) < 4.78 is 10.8. The van der Waals surface area contributed by atoms with Crippen molar-refractivity contribution >= 4 is 27.4 Å². The van der Waals surface area contributed by atoms with Crippen LogP contribution in [0.1, 0.15) is 10.4 Å². The van der Waals surface area contributed by atoms with Gasteiger partial charge in [-0.25, -0.2) is 9.97 Å². The predicted molar refractivity (Wildman–Crippen MR) is 106 cm³/mol. The van der Waals surface area contributed by atoms with E-state index >= 15 is 0 Å². The second kappa shape index (κ2) is 8.08. The molecule has 0 saturated heterocycles. The number of aliphatic hydroxyl groups is 1. The van der Waals surface area contributed by atoms with Crippen molar-refractivity contribution in [2.45, 2.75) is 19.1 Å². The average Bonchev–Trinajstić information content (AvgIpc) is 3.10. The number of ether oxygens (including phenoxy) is 2. The zero-order valence-electron chi connectivity index (χ0n) is 15.1. The molecule has 0 unspecified atom stereocenters. The number of methoxy groups -OCH3 is 1. The largest absolute Gasteiger partial charge is 0.497 e. The number of aliphatic hydroxyl groups excluding tert-OH is 1. The maximum Gasteiger partial charge on any atom is 0.138 e. The molecule has 4 rings (SSSR count). The lowest BCUT2D eigenvalue weighted by Crippen LogP contribution is -2.27. The van der Waals surface area contributed by atoms with Crippen molar-refractivity contribution in [3.05, 3.63) is 41.0 Å². The highest BCUT2D eigenvalue weighted by Crippen LogP contribution is 2.35. The fourth-order valence-electron chi connectivity index (χ4n) is 3.15. The molecule has 0 radical (unpaired) electrons. The van der Waals surface area contributed by atoms with Gasteiger partial charge in [-0.1, -0.05) is 6.07 Å². The van der Waals surface area contributed by atoms with E-state index < -0.39 is 6.10 Å². The molecule has 0 fully saturated rings. The van der Waals surface area contributed by atoms with E-state index in [4.69, 9.17) is 9.47 Å². The highest BCUT2D eigenvalue weighted by Gasteiger charge is 2.20. The van der Waals surface area contributed by atoms with Crippen molar-refractivity contribution in [2.24, 2.45) is 0 Å². The summed E-state index contributed by atoms with van der Waals surface area (Å²) in [7, 11) is 1.61. The van der Waals surface area contributed by atoms with Gasteiger partial charge in [-0.3, -0.25) is 0 Å². The number of rotatable bonds is 7. The first kappa shape index (κ1) is 18.0. The van der Waals surface area contributed by atoms with Crippen LogP contribution in [0.25, 0.3) is 10.2 Å². The summed E-state index contributed by atoms with van der Waals surface area (Å²) in [5.74, 6) is 2.16. The van der Waals surface area contributed by atoms with Gasteiger partial charge in [0.1, 0.15) is 41.2 Å². The summed E-state index contributed by atoms with van der Waals surface area (Å²) in [6.07, 6.45) is 1.87. The van der Waals surface area contributed by atoms with Crippen molar-refractivity contribution < 1.29 is 14.6 Å². The zero-order chi connectivity index (χ0) is 18.6. The van der Waals surface area contributed by atoms with Crippen molar-refractivity contribution in [2.75, 3.05) is 32.1 Å². The maximum atomic E-state index is 10.3. The van der Waals surface area contributed by atoms with E-state index in [1.165, 1.54) is 10.4 Å². The Kier molecular flexibility index (Phi) is 5.38. The number of hydrogen-bond acceptors (Lipinski definition) is 8. The molecule has 2 aromatic heterocycles. The lowest BCUT2D eigenvalue weighted by molar-refractivity contribution is 0.117. The minimum Gasteiger partial charge on any atom is -0.497 e. The van der Waals surface area contributed by atoms with Gasteiger partial charge < -0.3 is 25.2 Å². The summed E-state index contributed by atoms with van der Waals surface area (Å²) in [6.45, 7) is 2.37. The SMILES string of the molecule is COc1cccc(OC[C@H](O)CNc2ncnc3sc4c(c23)CCNC4)c1. The summed E-state index contributed by atoms with van der Waals surface area (Å²) in [6, 6.07) is 7.33. The van der Waals surface area contributed by atoms with Crippen LogP contribution in [-0.2, 0) is 13.0 Å². The van der Waals surface area contributed by atoms with Crippen LogP contribution in [-0.4, -0.2) is 48.0 Å². The first-order valence-corrected chi connectivity index (χ1v) is 9.71. The Balaban J connectivity index is 1.40. The Morgan fingerprint density at radius 1 is 1.33 bits per heavy atom. The number of nitrogens with one attached hydrogen (secondary N) is 2. The molecule has 1 atom stereocenters. The number of benzene rings is 1. The van der Waals surface area contributed by atoms with Gasteiger partial charge in [0, 0.05) is 24.0 Å². The first-order chi connectivity index (χ1) is 13.2. The molecule has 0 amide bonds. The molecule has 0 aliphatic carbocycles. The molecular weight excluding hydrogens is 364 g/mol. The van der Waals surface area contributed by atoms with E-state index in [1.54, 1.807) is 30.8 Å². The molecular formula is C19H22N4O3S. The molecule has 3 N–H and O–H groups in total. The standard InChI is InChI=1S/C19H22N4O3S/c1-25-13-3-2-4-14(7-13)26-10-12(24)8-21-18-17-15-5-6-20-9-16(15)27-19(17)23-11-22-18/h2-4,7,11-12,20,24H,5-6,8-10H2,1H3,(H,21,22,23)/t12-/m1/s1. The number of hydrogen-bond donors (Lipinski definition) is 3. The molecule has 8 heteroatoms. The van der Waals surface area contributed by atoms with Crippen LogP contribution in [0.5, 0.6) is 11.5 Å². The molecule has 7 nitrogen and oxygen atoms in total. The summed E-state index contributed by atoms with van der Waals surface area (Å²) in [5, 5.41) is 18.0. The minimum atomic E-state index is -0.669. The second-order valence-corrected chi connectivity index (χ2v) is 7.44. The normalized spacial score (nSPS) is 14.6. The maximum absolute atomic E-state index is 10.3. The minimum absolute atomic E-state index is 0.181. The monoisotopic (exact) mass is 386 g/mol. The van der Waals surface area contributed by atoms with Gasteiger partial charge in [-0.15, -0.1) is 11.3 Å². The van der Waals surface area contributed by atoms with Crippen molar-refractivity contribution in [3.8, 4) is 11.5 Å². The molecule has 0 saturated carbocycles. The highest BCUT2D eigenvalue weighted by molar-refractivity contribution is 7.18. The molecule has 0 spiro atoms. The molecule has 27 heavy (non-hydrogen) atoms. The molecule has 142 valence electrons. The van der Waals surface area contributed by atoms with Crippen LogP contribution >= 0.6 is 11.3 Å². The van der Waals surface area contributed by atoms with Crippen LogP contribution in [0.4, 0.5) is 5.82 Å². The second-order valence-electron chi connectivity index (χ2n) is 6.36. The van der Waals surface area contributed by atoms with E-state index in [1.807, 2.05) is 18.2 Å². The molecule has 1 aromatic carbocycles. The Morgan fingerprint density at radius 2 is 2.22 bits per heavy atom. The average molecular weight is 386 g/mol. The van der Waals surface area contributed by atoms with Crippen LogP contribution in [0, 0.1) is 0 Å². The fraction of sp³-hybridized carbons (Fsp3) is 0.368. The van der Waals surface area contributed by atoms with E-state index in [0.29, 0.717) is 12.3 Å². The molecule has 0 bridgehead atoms. The topological polar surface area (TPSA) is 88.5 Å². The van der Waals surface area contributed by atoms with E-state index in [9.17, 15) is 5.11 Å². The first-order valence-electron chi connectivity index (χ1n) is 8.89. The Bertz CT molecular complexity index is 930. The Morgan fingerprint density at radius 3 is 3.11 bits per heavy atom. The zero-order valence-corrected chi connectivity index (χ0v) is 15.9. The van der Waals surface area contributed by atoms with Crippen molar-refractivity contribution in [1.29, 1.82) is 0 Å². The van der Waals surface area contributed by atoms with E-state index in [0.717, 1.165) is 41.3 Å².